The highest BCUT2D eigenvalue weighted by molar-refractivity contribution is 9.10. The number of fused-ring (bicyclic) bond motifs is 3. The van der Waals surface area contributed by atoms with Crippen molar-refractivity contribution < 1.29 is 0 Å². The SMILES string of the molecule is CC1CCCCC1.CCCCCC1c2cc(Br)ccc2-c2ccc(Br)cc21. The molecule has 0 heterocycles. The molecule has 0 unspecified atom stereocenters. The number of unbranched alkanes of at least 4 members (excludes halogenated alkanes) is 2. The smallest absolute Gasteiger partial charge is 0.0178 e. The van der Waals surface area contributed by atoms with E-state index in [0.717, 1.165) is 5.92 Å². The molecular formula is C25H32Br2. The Morgan fingerprint density at radius 3 is 1.81 bits per heavy atom. The molecule has 0 atom stereocenters. The van der Waals surface area contributed by atoms with Crippen LogP contribution >= 0.6 is 31.9 Å². The lowest BCUT2D eigenvalue weighted by molar-refractivity contribution is 0.385. The molecule has 0 N–H and O–H groups in total. The first-order valence-corrected chi connectivity index (χ1v) is 12.3. The van der Waals surface area contributed by atoms with E-state index in [1.54, 1.807) is 0 Å². The van der Waals surface area contributed by atoms with Gasteiger partial charge in [0.1, 0.15) is 0 Å². The second-order valence-corrected chi connectivity index (χ2v) is 10.1. The molecule has 2 heteroatoms. The Morgan fingerprint density at radius 2 is 1.37 bits per heavy atom. The summed E-state index contributed by atoms with van der Waals surface area (Å²) >= 11 is 7.25. The number of hydrogen-bond acceptors (Lipinski definition) is 0. The van der Waals surface area contributed by atoms with Crippen LogP contribution < -0.4 is 0 Å². The Bertz CT molecular complexity index is 692. The molecule has 0 nitrogen and oxygen atoms in total. The van der Waals surface area contributed by atoms with E-state index in [1.165, 1.54) is 89.0 Å². The first kappa shape index (κ1) is 21.1. The summed E-state index contributed by atoms with van der Waals surface area (Å²) in [5.74, 6) is 1.59. The van der Waals surface area contributed by atoms with Crippen LogP contribution in [0.15, 0.2) is 45.3 Å². The maximum atomic E-state index is 3.62. The van der Waals surface area contributed by atoms with Crippen molar-refractivity contribution in [1.29, 1.82) is 0 Å². The third-order valence-electron chi connectivity index (χ3n) is 6.06. The Hall–Kier alpha value is -0.600. The average Bonchev–Trinajstić information content (AvgIpc) is 2.95. The van der Waals surface area contributed by atoms with Crippen molar-refractivity contribution in [3.8, 4) is 11.1 Å². The second-order valence-electron chi connectivity index (χ2n) is 8.25. The molecule has 2 aliphatic rings. The first-order valence-electron chi connectivity index (χ1n) is 10.7. The molecule has 4 rings (SSSR count). The van der Waals surface area contributed by atoms with Crippen molar-refractivity contribution in [2.45, 2.75) is 77.6 Å². The van der Waals surface area contributed by atoms with Crippen LogP contribution in [-0.2, 0) is 0 Å². The minimum atomic E-state index is 0.557. The quantitative estimate of drug-likeness (QED) is 0.373. The van der Waals surface area contributed by atoms with E-state index in [1.807, 2.05) is 0 Å². The van der Waals surface area contributed by atoms with E-state index in [4.69, 9.17) is 0 Å². The summed E-state index contributed by atoms with van der Waals surface area (Å²) in [4.78, 5) is 0. The molecule has 0 spiro atoms. The number of rotatable bonds is 4. The molecular weight excluding hydrogens is 460 g/mol. The fraction of sp³-hybridized carbons (Fsp3) is 0.520. The van der Waals surface area contributed by atoms with Crippen molar-refractivity contribution in [2.75, 3.05) is 0 Å². The monoisotopic (exact) mass is 490 g/mol. The molecule has 27 heavy (non-hydrogen) atoms. The topological polar surface area (TPSA) is 0 Å². The van der Waals surface area contributed by atoms with Crippen molar-refractivity contribution in [1.82, 2.24) is 0 Å². The highest BCUT2D eigenvalue weighted by atomic mass is 79.9. The molecule has 0 bridgehead atoms. The normalized spacial score (nSPS) is 16.4. The summed E-state index contributed by atoms with van der Waals surface area (Å²) in [6.07, 6.45) is 12.6. The van der Waals surface area contributed by atoms with Crippen LogP contribution in [0.1, 0.15) is 88.7 Å². The number of hydrogen-bond donors (Lipinski definition) is 0. The van der Waals surface area contributed by atoms with E-state index in [2.05, 4.69) is 82.1 Å². The van der Waals surface area contributed by atoms with Crippen molar-refractivity contribution in [2.24, 2.45) is 5.92 Å². The summed E-state index contributed by atoms with van der Waals surface area (Å²) in [6.45, 7) is 4.63. The number of halogens is 2. The summed E-state index contributed by atoms with van der Waals surface area (Å²) in [6, 6.07) is 13.4. The zero-order chi connectivity index (χ0) is 19.2. The van der Waals surface area contributed by atoms with Gasteiger partial charge in [0.05, 0.1) is 0 Å². The lowest BCUT2D eigenvalue weighted by atomic mass is 9.91. The number of benzene rings is 2. The fourth-order valence-corrected chi connectivity index (χ4v) is 5.28. The van der Waals surface area contributed by atoms with Crippen LogP contribution in [0, 0.1) is 5.92 Å². The molecule has 1 fully saturated rings. The van der Waals surface area contributed by atoms with E-state index < -0.39 is 0 Å². The molecule has 2 aliphatic carbocycles. The zero-order valence-corrected chi connectivity index (χ0v) is 19.9. The molecule has 0 amide bonds. The standard InChI is InChI=1S/C18H18Br2.C7H14/c1-2-3-4-5-14-17-10-12(19)6-8-15(17)16-9-7-13(20)11-18(14)16;1-7-5-3-2-4-6-7/h6-11,14H,2-5H2,1H3;7H,2-6H2,1H3. The Morgan fingerprint density at radius 1 is 0.815 bits per heavy atom. The van der Waals surface area contributed by atoms with Crippen molar-refractivity contribution >= 4 is 31.9 Å². The third-order valence-corrected chi connectivity index (χ3v) is 7.04. The third kappa shape index (κ3) is 5.48. The van der Waals surface area contributed by atoms with Gasteiger partial charge in [-0.3, -0.25) is 0 Å². The molecule has 146 valence electrons. The maximum absolute atomic E-state index is 3.62. The first-order chi connectivity index (χ1) is 13.1. The van der Waals surface area contributed by atoms with Gasteiger partial charge >= 0.3 is 0 Å². The average molecular weight is 492 g/mol. The van der Waals surface area contributed by atoms with E-state index in [0.29, 0.717) is 5.92 Å². The summed E-state index contributed by atoms with van der Waals surface area (Å²) in [5, 5.41) is 0. The largest absolute Gasteiger partial charge is 0.0654 e. The van der Waals surface area contributed by atoms with Gasteiger partial charge in [-0.25, -0.2) is 0 Å². The van der Waals surface area contributed by atoms with Crippen LogP contribution in [0.4, 0.5) is 0 Å². The predicted octanol–water partition coefficient (Wildman–Crippen LogP) is 9.49. The minimum absolute atomic E-state index is 0.557. The van der Waals surface area contributed by atoms with Gasteiger partial charge in [-0.15, -0.1) is 0 Å². The second kappa shape index (κ2) is 10.3. The van der Waals surface area contributed by atoms with E-state index in [-0.39, 0.29) is 0 Å². The van der Waals surface area contributed by atoms with Crippen molar-refractivity contribution in [3.05, 3.63) is 56.5 Å². The molecule has 2 aromatic rings. The zero-order valence-electron chi connectivity index (χ0n) is 16.7. The van der Waals surface area contributed by atoms with Gasteiger partial charge in [-0.2, -0.15) is 0 Å². The maximum Gasteiger partial charge on any atom is 0.0178 e. The van der Waals surface area contributed by atoms with Crippen LogP contribution in [-0.4, -0.2) is 0 Å². The van der Waals surface area contributed by atoms with Gasteiger partial charge in [0.15, 0.2) is 0 Å². The van der Waals surface area contributed by atoms with Gasteiger partial charge in [0.2, 0.25) is 0 Å². The van der Waals surface area contributed by atoms with Crippen molar-refractivity contribution in [3.63, 3.8) is 0 Å². The van der Waals surface area contributed by atoms with Crippen LogP contribution in [0.2, 0.25) is 0 Å². The minimum Gasteiger partial charge on any atom is -0.0654 e. The van der Waals surface area contributed by atoms with Gasteiger partial charge in [-0.05, 0) is 58.9 Å². The summed E-state index contributed by atoms with van der Waals surface area (Å²) in [5.41, 5.74) is 5.81. The van der Waals surface area contributed by atoms with Gasteiger partial charge < -0.3 is 0 Å². The highest BCUT2D eigenvalue weighted by Gasteiger charge is 2.28. The molecule has 0 aromatic heterocycles. The Labute approximate surface area is 182 Å². The molecule has 0 aliphatic heterocycles. The molecule has 0 radical (unpaired) electrons. The lowest BCUT2D eigenvalue weighted by Gasteiger charge is -2.15. The molecule has 2 aromatic carbocycles. The predicted molar refractivity (Wildman–Crippen MR) is 126 cm³/mol. The van der Waals surface area contributed by atoms with E-state index in [9.17, 15) is 0 Å². The fourth-order valence-electron chi connectivity index (χ4n) is 4.52. The van der Waals surface area contributed by atoms with Gasteiger partial charge in [0, 0.05) is 14.9 Å². The van der Waals surface area contributed by atoms with Crippen LogP contribution in [0.5, 0.6) is 0 Å². The van der Waals surface area contributed by atoms with Crippen LogP contribution in [0.3, 0.4) is 0 Å². The Balaban J connectivity index is 0.000000253. The highest BCUT2D eigenvalue weighted by Crippen LogP contribution is 2.48. The molecule has 1 saturated carbocycles. The van der Waals surface area contributed by atoms with Crippen LogP contribution in [0.25, 0.3) is 11.1 Å². The van der Waals surface area contributed by atoms with E-state index >= 15 is 0 Å². The summed E-state index contributed by atoms with van der Waals surface area (Å²) in [7, 11) is 0. The van der Waals surface area contributed by atoms with Gasteiger partial charge in [0.25, 0.3) is 0 Å². The van der Waals surface area contributed by atoms with Gasteiger partial charge in [-0.1, -0.05) is 109 Å². The molecule has 0 saturated heterocycles. The Kier molecular flexibility index (Phi) is 8.02. The summed E-state index contributed by atoms with van der Waals surface area (Å²) < 4.78 is 2.37. The lowest BCUT2D eigenvalue weighted by Crippen LogP contribution is -1.99.